The Hall–Kier alpha value is -1.73. The summed E-state index contributed by atoms with van der Waals surface area (Å²) in [6.07, 6.45) is 0. The number of hydrogen-bond acceptors (Lipinski definition) is 4. The molecule has 0 saturated carbocycles. The number of benzene rings is 1. The molecule has 0 fully saturated rings. The van der Waals surface area contributed by atoms with Gasteiger partial charge in [0.2, 0.25) is 0 Å². The Kier molecular flexibility index (Phi) is 6.51. The van der Waals surface area contributed by atoms with Crippen molar-refractivity contribution in [2.45, 2.75) is 25.2 Å². The average Bonchev–Trinajstić information content (AvgIpc) is 2.44. The predicted molar refractivity (Wildman–Crippen MR) is 83.6 cm³/mol. The summed E-state index contributed by atoms with van der Waals surface area (Å²) in [5, 5.41) is 23.1. The number of hydrogen-bond donors (Lipinski definition) is 4. The van der Waals surface area contributed by atoms with Gasteiger partial charge in [-0.1, -0.05) is 19.1 Å². The second-order valence-corrected chi connectivity index (χ2v) is 6.00. The van der Waals surface area contributed by atoms with Crippen LogP contribution in [0.5, 0.6) is 0 Å². The van der Waals surface area contributed by atoms with Crippen LogP contribution in [0.1, 0.15) is 19.4 Å². The van der Waals surface area contributed by atoms with Crippen molar-refractivity contribution in [3.8, 4) is 0 Å². The minimum Gasteiger partial charge on any atom is -0.479 e. The van der Waals surface area contributed by atoms with E-state index in [0.29, 0.717) is 5.69 Å². The first kappa shape index (κ1) is 17.3. The van der Waals surface area contributed by atoms with Gasteiger partial charge in [-0.2, -0.15) is 11.8 Å². The van der Waals surface area contributed by atoms with Gasteiger partial charge in [0.25, 0.3) is 0 Å². The lowest BCUT2D eigenvalue weighted by molar-refractivity contribution is -0.155. The molecule has 6 nitrogen and oxygen atoms in total. The number of anilines is 1. The van der Waals surface area contributed by atoms with Crippen LogP contribution in [0.3, 0.4) is 0 Å². The maximum Gasteiger partial charge on any atom is 0.337 e. The predicted octanol–water partition coefficient (Wildman–Crippen LogP) is 1.90. The van der Waals surface area contributed by atoms with E-state index in [0.717, 1.165) is 18.4 Å². The highest BCUT2D eigenvalue weighted by Crippen LogP contribution is 2.15. The summed E-state index contributed by atoms with van der Waals surface area (Å²) in [5.74, 6) is 0.580. The number of carboxylic acid groups (broad SMARTS) is 1. The number of rotatable bonds is 7. The maximum atomic E-state index is 11.6. The highest BCUT2D eigenvalue weighted by Gasteiger charge is 2.30. The van der Waals surface area contributed by atoms with Crippen LogP contribution in [0, 0.1) is 0 Å². The minimum atomic E-state index is -1.99. The molecule has 1 rings (SSSR count). The number of aliphatic carboxylic acids is 1. The van der Waals surface area contributed by atoms with E-state index in [1.54, 1.807) is 12.1 Å². The van der Waals surface area contributed by atoms with Gasteiger partial charge in [-0.15, -0.1) is 0 Å². The molecule has 1 aromatic rings. The molecule has 21 heavy (non-hydrogen) atoms. The van der Waals surface area contributed by atoms with E-state index in [4.69, 9.17) is 5.11 Å². The molecule has 1 atom stereocenters. The Labute approximate surface area is 127 Å². The Balaban J connectivity index is 2.46. The molecule has 7 heteroatoms. The molecule has 0 bridgehead atoms. The van der Waals surface area contributed by atoms with Crippen molar-refractivity contribution in [3.05, 3.63) is 29.8 Å². The summed E-state index contributed by atoms with van der Waals surface area (Å²) < 4.78 is 0. The molecule has 0 heterocycles. The van der Waals surface area contributed by atoms with E-state index in [9.17, 15) is 14.7 Å². The van der Waals surface area contributed by atoms with E-state index in [2.05, 4.69) is 17.6 Å². The number of aliphatic hydroxyl groups is 1. The molecule has 0 aliphatic heterocycles. The van der Waals surface area contributed by atoms with Crippen LogP contribution in [0.4, 0.5) is 10.5 Å². The first-order valence-electron chi connectivity index (χ1n) is 6.52. The second-order valence-electron chi connectivity index (χ2n) is 4.72. The Bertz CT molecular complexity index is 488. The summed E-state index contributed by atoms with van der Waals surface area (Å²) in [6.45, 7) is 2.84. The lowest BCUT2D eigenvalue weighted by Crippen LogP contribution is -2.47. The van der Waals surface area contributed by atoms with Gasteiger partial charge in [0.1, 0.15) is 0 Å². The molecule has 1 aromatic carbocycles. The monoisotopic (exact) mass is 312 g/mol. The largest absolute Gasteiger partial charge is 0.479 e. The number of carbonyl (C=O) groups excluding carboxylic acids is 1. The third kappa shape index (κ3) is 6.05. The Morgan fingerprint density at radius 2 is 1.90 bits per heavy atom. The fraction of sp³-hybridized carbons (Fsp3) is 0.429. The summed E-state index contributed by atoms with van der Waals surface area (Å²) in [7, 11) is 0. The first-order chi connectivity index (χ1) is 9.85. The van der Waals surface area contributed by atoms with Crippen molar-refractivity contribution < 1.29 is 19.8 Å². The lowest BCUT2D eigenvalue weighted by atomic mass is 10.1. The van der Waals surface area contributed by atoms with Crippen LogP contribution in [0.2, 0.25) is 0 Å². The third-order valence-electron chi connectivity index (χ3n) is 2.74. The van der Waals surface area contributed by atoms with Crippen molar-refractivity contribution in [1.29, 1.82) is 0 Å². The molecule has 0 aromatic heterocycles. The molecule has 4 N–H and O–H groups in total. The normalized spacial score (nSPS) is 13.3. The quantitative estimate of drug-likeness (QED) is 0.616. The topological polar surface area (TPSA) is 98.7 Å². The number of nitrogens with one attached hydrogen (secondary N) is 2. The summed E-state index contributed by atoms with van der Waals surface area (Å²) in [4.78, 5) is 22.3. The van der Waals surface area contributed by atoms with Gasteiger partial charge < -0.3 is 20.8 Å². The van der Waals surface area contributed by atoms with Crippen LogP contribution >= 0.6 is 11.8 Å². The van der Waals surface area contributed by atoms with Crippen molar-refractivity contribution in [2.24, 2.45) is 0 Å². The smallest absolute Gasteiger partial charge is 0.337 e. The van der Waals surface area contributed by atoms with Gasteiger partial charge in [0.05, 0.1) is 6.54 Å². The minimum absolute atomic E-state index is 0.376. The number of amides is 2. The Morgan fingerprint density at radius 3 is 2.43 bits per heavy atom. The zero-order valence-electron chi connectivity index (χ0n) is 12.0. The zero-order chi connectivity index (χ0) is 15.9. The molecule has 2 amide bonds. The van der Waals surface area contributed by atoms with Gasteiger partial charge >= 0.3 is 12.0 Å². The third-order valence-corrected chi connectivity index (χ3v) is 3.68. The van der Waals surface area contributed by atoms with Crippen molar-refractivity contribution in [3.63, 3.8) is 0 Å². The standard InChI is InChI=1S/C14H20N2O4S/c1-3-21-8-10-4-6-11(7-5-10)16-13(19)15-9-14(2,20)12(17)18/h4-7,20H,3,8-9H2,1-2H3,(H,17,18)(H2,15,16,19). The summed E-state index contributed by atoms with van der Waals surface area (Å²) >= 11 is 1.81. The van der Waals surface area contributed by atoms with Crippen LogP contribution in [-0.4, -0.2) is 40.1 Å². The van der Waals surface area contributed by atoms with E-state index >= 15 is 0 Å². The van der Waals surface area contributed by atoms with Gasteiger partial charge in [-0.05, 0) is 30.4 Å². The second kappa shape index (κ2) is 7.90. The number of thioether (sulfide) groups is 1. The van der Waals surface area contributed by atoms with Gasteiger partial charge in [-0.3, -0.25) is 0 Å². The fourth-order valence-corrected chi connectivity index (χ4v) is 2.04. The first-order valence-corrected chi connectivity index (χ1v) is 7.68. The van der Waals surface area contributed by atoms with Crippen LogP contribution in [0.15, 0.2) is 24.3 Å². The molecule has 0 aliphatic carbocycles. The number of urea groups is 1. The average molecular weight is 312 g/mol. The van der Waals surface area contributed by atoms with Crippen molar-refractivity contribution in [1.82, 2.24) is 5.32 Å². The molecule has 0 aliphatic rings. The number of carbonyl (C=O) groups is 2. The van der Waals surface area contributed by atoms with Crippen LogP contribution in [-0.2, 0) is 10.5 Å². The fourth-order valence-electron chi connectivity index (χ4n) is 1.41. The van der Waals surface area contributed by atoms with Gasteiger partial charge in [-0.25, -0.2) is 9.59 Å². The van der Waals surface area contributed by atoms with E-state index in [-0.39, 0.29) is 6.54 Å². The molecule has 116 valence electrons. The van der Waals surface area contributed by atoms with Crippen molar-refractivity contribution >= 4 is 29.4 Å². The highest BCUT2D eigenvalue weighted by atomic mass is 32.2. The zero-order valence-corrected chi connectivity index (χ0v) is 12.9. The van der Waals surface area contributed by atoms with E-state index in [1.807, 2.05) is 23.9 Å². The van der Waals surface area contributed by atoms with Gasteiger partial charge in [0.15, 0.2) is 5.60 Å². The lowest BCUT2D eigenvalue weighted by Gasteiger charge is -2.18. The molecule has 1 unspecified atom stereocenters. The Morgan fingerprint density at radius 1 is 1.29 bits per heavy atom. The van der Waals surface area contributed by atoms with Gasteiger partial charge in [0, 0.05) is 11.4 Å². The van der Waals surface area contributed by atoms with Crippen molar-refractivity contribution in [2.75, 3.05) is 17.6 Å². The van der Waals surface area contributed by atoms with Crippen LogP contribution in [0.25, 0.3) is 0 Å². The number of carboxylic acids is 1. The van der Waals surface area contributed by atoms with E-state index < -0.39 is 17.6 Å². The van der Waals surface area contributed by atoms with Crippen LogP contribution < -0.4 is 10.6 Å². The summed E-state index contributed by atoms with van der Waals surface area (Å²) in [5.41, 5.74) is -0.215. The molecule has 0 spiro atoms. The molecular weight excluding hydrogens is 292 g/mol. The molecular formula is C14H20N2O4S. The molecule has 0 radical (unpaired) electrons. The van der Waals surface area contributed by atoms with E-state index in [1.165, 1.54) is 5.56 Å². The highest BCUT2D eigenvalue weighted by molar-refractivity contribution is 7.98. The summed E-state index contributed by atoms with van der Waals surface area (Å²) in [6, 6.07) is 6.84. The molecule has 0 saturated heterocycles. The maximum absolute atomic E-state index is 11.6. The SMILES string of the molecule is CCSCc1ccc(NC(=O)NCC(C)(O)C(=O)O)cc1.